The second kappa shape index (κ2) is 5.42. The fourth-order valence-electron chi connectivity index (χ4n) is 0.205. The van der Waals surface area contributed by atoms with Crippen LogP contribution in [0.4, 0.5) is 4.79 Å². The van der Waals surface area contributed by atoms with Gasteiger partial charge in [-0.05, 0) is 0 Å². The first-order chi connectivity index (χ1) is 4.73. The lowest BCUT2D eigenvalue weighted by Gasteiger charge is -1.69. The van der Waals surface area contributed by atoms with Gasteiger partial charge in [-0.3, -0.25) is 0 Å². The van der Waals surface area contributed by atoms with E-state index in [4.69, 9.17) is 4.79 Å². The number of hydrogen-bond donors (Lipinski definition) is 2. The molecule has 6 heteroatoms. The van der Waals surface area contributed by atoms with E-state index in [2.05, 4.69) is 26.4 Å². The van der Waals surface area contributed by atoms with E-state index in [1.165, 1.54) is 19.0 Å². The van der Waals surface area contributed by atoms with Gasteiger partial charge in [-0.2, -0.15) is 0 Å². The Labute approximate surface area is 57.3 Å². The molecule has 1 rings (SSSR count). The van der Waals surface area contributed by atoms with E-state index in [0.29, 0.717) is 0 Å². The van der Waals surface area contributed by atoms with E-state index >= 15 is 0 Å². The normalized spacial score (nSPS) is 7.20. The minimum Gasteiger partial charge on any atom is -0.352 e. The molecule has 0 aromatic carbocycles. The van der Waals surface area contributed by atoms with Crippen LogP contribution in [-0.2, 0) is 0 Å². The topological polar surface area (TPSA) is 108 Å². The van der Waals surface area contributed by atoms with E-state index in [1.54, 1.807) is 0 Å². The number of amides is 2. The molecule has 1 aromatic heterocycles. The smallest absolute Gasteiger partial charge is 0.309 e. The van der Waals surface area contributed by atoms with Crippen molar-refractivity contribution < 1.29 is 4.79 Å². The Balaban J connectivity index is 0.000000180. The molecule has 0 atom stereocenters. The molecule has 0 aliphatic heterocycles. The van der Waals surface area contributed by atoms with Crippen molar-refractivity contribution in [2.45, 2.75) is 0 Å². The summed E-state index contributed by atoms with van der Waals surface area (Å²) in [4.78, 5) is 19.7. The van der Waals surface area contributed by atoms with Crippen LogP contribution in [0.1, 0.15) is 0 Å². The van der Waals surface area contributed by atoms with Crippen molar-refractivity contribution in [3.63, 3.8) is 0 Å². The lowest BCUT2D eigenvalue weighted by molar-refractivity contribution is 0.256. The zero-order valence-corrected chi connectivity index (χ0v) is 5.14. The summed E-state index contributed by atoms with van der Waals surface area (Å²) in [5.41, 5.74) is 8.50. The van der Waals surface area contributed by atoms with Gasteiger partial charge in [0.05, 0.1) is 0 Å². The van der Waals surface area contributed by atoms with E-state index in [-0.39, 0.29) is 0 Å². The molecule has 1 heterocycles. The molecule has 0 saturated heterocycles. The minimum absolute atomic E-state index is 0.833. The Hall–Kier alpha value is -1.72. The van der Waals surface area contributed by atoms with Crippen LogP contribution in [0.2, 0.25) is 0 Å². The highest BCUT2D eigenvalue weighted by Gasteiger charge is 1.60. The van der Waals surface area contributed by atoms with E-state index < -0.39 is 6.03 Å². The highest BCUT2D eigenvalue weighted by atomic mass is 16.2. The van der Waals surface area contributed by atoms with Gasteiger partial charge in [-0.15, -0.1) is 0 Å². The van der Waals surface area contributed by atoms with Crippen molar-refractivity contribution >= 4 is 6.03 Å². The van der Waals surface area contributed by atoms with Crippen molar-refractivity contribution in [2.75, 3.05) is 0 Å². The predicted molar refractivity (Wildman–Crippen MR) is 33.6 cm³/mol. The number of nitrogens with two attached hydrogens (primary N) is 2. The van der Waals surface area contributed by atoms with Gasteiger partial charge in [0.2, 0.25) is 0 Å². The van der Waals surface area contributed by atoms with Crippen molar-refractivity contribution in [2.24, 2.45) is 11.5 Å². The van der Waals surface area contributed by atoms with Gasteiger partial charge in [0, 0.05) is 0 Å². The molecule has 6 nitrogen and oxygen atoms in total. The summed E-state index contributed by atoms with van der Waals surface area (Å²) in [6.07, 6.45) is 4.31. The lowest BCUT2D eigenvalue weighted by atomic mass is 11.1. The largest absolute Gasteiger partial charge is 0.352 e. The maximum atomic E-state index is 9.00. The molecule has 0 bridgehead atoms. The SMILES string of the molecule is NC(N)=O.c1ncncn1. The number of nitrogens with zero attached hydrogens (tertiary/aromatic N) is 3. The Morgan fingerprint density at radius 1 is 1.00 bits per heavy atom. The number of primary amides is 2. The van der Waals surface area contributed by atoms with Crippen molar-refractivity contribution in [3.8, 4) is 0 Å². The van der Waals surface area contributed by atoms with Crippen molar-refractivity contribution in [1.82, 2.24) is 15.0 Å². The van der Waals surface area contributed by atoms with E-state index in [1.807, 2.05) is 0 Å². The second-order valence-corrected chi connectivity index (χ2v) is 1.20. The molecule has 10 heavy (non-hydrogen) atoms. The molecule has 0 spiro atoms. The molecule has 1 aromatic rings. The molecule has 0 saturated carbocycles. The zero-order chi connectivity index (χ0) is 7.82. The molecular formula is C4H7N5O. The third-order valence-electron chi connectivity index (χ3n) is 0.400. The first kappa shape index (κ1) is 8.28. The van der Waals surface area contributed by atoms with Gasteiger partial charge in [0.1, 0.15) is 19.0 Å². The zero-order valence-electron chi connectivity index (χ0n) is 5.14. The average molecular weight is 141 g/mol. The summed E-state index contributed by atoms with van der Waals surface area (Å²) in [6.45, 7) is 0. The summed E-state index contributed by atoms with van der Waals surface area (Å²) >= 11 is 0. The second-order valence-electron chi connectivity index (χ2n) is 1.20. The average Bonchev–Trinajstić information content (AvgIpc) is 1.90. The van der Waals surface area contributed by atoms with Crippen LogP contribution >= 0.6 is 0 Å². The Bertz CT molecular complexity index is 146. The minimum atomic E-state index is -0.833. The van der Waals surface area contributed by atoms with Crippen molar-refractivity contribution in [1.29, 1.82) is 0 Å². The van der Waals surface area contributed by atoms with Gasteiger partial charge < -0.3 is 11.5 Å². The number of carbonyl (C=O) groups is 1. The van der Waals surface area contributed by atoms with Crippen LogP contribution in [0, 0.1) is 0 Å². The molecule has 0 aliphatic carbocycles. The van der Waals surface area contributed by atoms with Crippen LogP contribution in [0.5, 0.6) is 0 Å². The number of aromatic nitrogens is 3. The van der Waals surface area contributed by atoms with Crippen LogP contribution in [0.3, 0.4) is 0 Å². The first-order valence-corrected chi connectivity index (χ1v) is 2.33. The number of urea groups is 1. The fourth-order valence-corrected chi connectivity index (χ4v) is 0.205. The Kier molecular flexibility index (Phi) is 4.49. The fraction of sp³-hybridized carbons (Fsp3) is 0. The Morgan fingerprint density at radius 3 is 1.30 bits per heavy atom. The third-order valence-corrected chi connectivity index (χ3v) is 0.400. The maximum Gasteiger partial charge on any atom is 0.309 e. The molecule has 2 amide bonds. The number of rotatable bonds is 0. The van der Waals surface area contributed by atoms with Crippen LogP contribution in [-0.4, -0.2) is 21.0 Å². The summed E-state index contributed by atoms with van der Waals surface area (Å²) in [5.74, 6) is 0. The number of carbonyl (C=O) groups excluding carboxylic acids is 1. The summed E-state index contributed by atoms with van der Waals surface area (Å²) < 4.78 is 0. The van der Waals surface area contributed by atoms with E-state index in [0.717, 1.165) is 0 Å². The molecule has 0 radical (unpaired) electrons. The first-order valence-electron chi connectivity index (χ1n) is 2.33. The van der Waals surface area contributed by atoms with Gasteiger partial charge >= 0.3 is 6.03 Å². The highest BCUT2D eigenvalue weighted by molar-refractivity contribution is 5.69. The highest BCUT2D eigenvalue weighted by Crippen LogP contribution is 1.57. The molecule has 0 fully saturated rings. The predicted octanol–water partition coefficient (Wildman–Crippen LogP) is -1.10. The van der Waals surface area contributed by atoms with E-state index in [9.17, 15) is 0 Å². The maximum absolute atomic E-state index is 9.00. The van der Waals surface area contributed by atoms with Crippen LogP contribution in [0.25, 0.3) is 0 Å². The molecule has 0 aliphatic rings. The number of hydrogen-bond acceptors (Lipinski definition) is 4. The molecular weight excluding hydrogens is 134 g/mol. The monoisotopic (exact) mass is 141 g/mol. The van der Waals surface area contributed by atoms with Gasteiger partial charge in [0.25, 0.3) is 0 Å². The standard InChI is InChI=1S/C3H3N3.CH4N2O/c1-4-2-6-3-5-1;2-1(3)4/h1-3H;(H4,2,3,4). The summed E-state index contributed by atoms with van der Waals surface area (Å²) in [7, 11) is 0. The Morgan fingerprint density at radius 2 is 1.20 bits per heavy atom. The van der Waals surface area contributed by atoms with Crippen molar-refractivity contribution in [3.05, 3.63) is 19.0 Å². The van der Waals surface area contributed by atoms with Gasteiger partial charge in [-0.1, -0.05) is 0 Å². The third kappa shape index (κ3) is 9.56. The molecule has 4 N–H and O–H groups in total. The molecule has 0 unspecified atom stereocenters. The van der Waals surface area contributed by atoms with Gasteiger partial charge in [-0.25, -0.2) is 19.7 Å². The van der Waals surface area contributed by atoms with Gasteiger partial charge in [0.15, 0.2) is 0 Å². The quantitative estimate of drug-likeness (QED) is 0.477. The summed E-state index contributed by atoms with van der Waals surface area (Å²) in [6, 6.07) is -0.833. The summed E-state index contributed by atoms with van der Waals surface area (Å²) in [5, 5.41) is 0. The van der Waals surface area contributed by atoms with Crippen LogP contribution in [0.15, 0.2) is 19.0 Å². The van der Waals surface area contributed by atoms with Crippen LogP contribution < -0.4 is 11.5 Å². The lowest BCUT2D eigenvalue weighted by Crippen LogP contribution is -2.18. The molecule has 54 valence electrons.